The van der Waals surface area contributed by atoms with Crippen LogP contribution in [0, 0.1) is 3.57 Å². The fourth-order valence-corrected chi connectivity index (χ4v) is 3.80. The van der Waals surface area contributed by atoms with Gasteiger partial charge in [0.25, 0.3) is 11.8 Å². The van der Waals surface area contributed by atoms with Crippen LogP contribution in [0.5, 0.6) is 11.5 Å². The Morgan fingerprint density at radius 2 is 1.27 bits per heavy atom. The lowest BCUT2D eigenvalue weighted by atomic mass is 10.1. The Hall–Kier alpha value is -2.87. The van der Waals surface area contributed by atoms with Crippen molar-refractivity contribution in [2.75, 3.05) is 20.8 Å². The summed E-state index contributed by atoms with van der Waals surface area (Å²) in [6.45, 7) is 0.243. The van der Waals surface area contributed by atoms with Crippen molar-refractivity contribution in [2.24, 2.45) is 0 Å². The minimum absolute atomic E-state index is 0.243. The van der Waals surface area contributed by atoms with Crippen LogP contribution in [0.2, 0.25) is 0 Å². The van der Waals surface area contributed by atoms with Crippen molar-refractivity contribution in [3.63, 3.8) is 0 Å². The van der Waals surface area contributed by atoms with Gasteiger partial charge in [0, 0.05) is 21.2 Å². The van der Waals surface area contributed by atoms with Crippen molar-refractivity contribution in [3.8, 4) is 11.5 Å². The van der Waals surface area contributed by atoms with Crippen LogP contribution in [0.4, 0.5) is 0 Å². The maximum absolute atomic E-state index is 13.1. The molecule has 0 aromatic heterocycles. The SMILES string of the molecule is COc1cc(I)c(CCN(C(=O)c2ccccc2)C(=O)c2ccccc2)cc1OC. The summed E-state index contributed by atoms with van der Waals surface area (Å²) < 4.78 is 11.7. The van der Waals surface area contributed by atoms with Gasteiger partial charge in [0.2, 0.25) is 0 Å². The number of carbonyl (C=O) groups is 2. The number of methoxy groups -OCH3 is 2. The molecule has 0 saturated carbocycles. The maximum atomic E-state index is 13.1. The van der Waals surface area contributed by atoms with E-state index in [0.717, 1.165) is 9.13 Å². The second-order valence-electron chi connectivity index (χ2n) is 6.54. The van der Waals surface area contributed by atoms with Gasteiger partial charge in [-0.3, -0.25) is 14.5 Å². The van der Waals surface area contributed by atoms with Crippen molar-refractivity contribution < 1.29 is 19.1 Å². The van der Waals surface area contributed by atoms with Crippen LogP contribution in [0.1, 0.15) is 26.3 Å². The van der Waals surface area contributed by atoms with Crippen molar-refractivity contribution in [1.29, 1.82) is 0 Å². The quantitative estimate of drug-likeness (QED) is 0.334. The van der Waals surface area contributed by atoms with Crippen molar-refractivity contribution >= 4 is 34.4 Å². The summed E-state index contributed by atoms with van der Waals surface area (Å²) in [5, 5.41) is 0. The second-order valence-corrected chi connectivity index (χ2v) is 7.70. The van der Waals surface area contributed by atoms with E-state index in [1.807, 2.05) is 24.3 Å². The average molecular weight is 515 g/mol. The Morgan fingerprint density at radius 3 is 1.73 bits per heavy atom. The lowest BCUT2D eigenvalue weighted by Gasteiger charge is -2.22. The van der Waals surface area contributed by atoms with Gasteiger partial charge in [-0.15, -0.1) is 0 Å². The molecule has 0 atom stereocenters. The van der Waals surface area contributed by atoms with Gasteiger partial charge in [-0.2, -0.15) is 0 Å². The molecule has 0 aliphatic heterocycles. The molecule has 2 amide bonds. The zero-order valence-electron chi connectivity index (χ0n) is 16.8. The minimum atomic E-state index is -0.320. The van der Waals surface area contributed by atoms with E-state index < -0.39 is 0 Å². The highest BCUT2D eigenvalue weighted by molar-refractivity contribution is 14.1. The molecule has 0 heterocycles. The first-order valence-corrected chi connectivity index (χ1v) is 10.5. The molecular weight excluding hydrogens is 493 g/mol. The molecule has 6 heteroatoms. The fraction of sp³-hybridized carbons (Fsp3) is 0.167. The summed E-state index contributed by atoms with van der Waals surface area (Å²) in [6, 6.07) is 21.5. The Morgan fingerprint density at radius 1 is 0.800 bits per heavy atom. The molecule has 0 bridgehead atoms. The highest BCUT2D eigenvalue weighted by atomic mass is 127. The highest BCUT2D eigenvalue weighted by Gasteiger charge is 2.24. The van der Waals surface area contributed by atoms with Crippen LogP contribution in [-0.2, 0) is 6.42 Å². The van der Waals surface area contributed by atoms with E-state index in [-0.39, 0.29) is 18.4 Å². The summed E-state index contributed by atoms with van der Waals surface area (Å²) in [5.41, 5.74) is 1.92. The molecule has 30 heavy (non-hydrogen) atoms. The standard InChI is InChI=1S/C24H22INO4/c1-29-21-15-19(20(25)16-22(21)30-2)13-14-26(23(27)17-9-5-3-6-10-17)24(28)18-11-7-4-8-12-18/h3-12,15-16H,13-14H2,1-2H3. The summed E-state index contributed by atoms with van der Waals surface area (Å²) in [4.78, 5) is 27.6. The average Bonchev–Trinajstić information content (AvgIpc) is 2.80. The first-order chi connectivity index (χ1) is 14.5. The van der Waals surface area contributed by atoms with E-state index in [0.29, 0.717) is 29.0 Å². The Balaban J connectivity index is 1.90. The van der Waals surface area contributed by atoms with Gasteiger partial charge in [0.15, 0.2) is 11.5 Å². The predicted molar refractivity (Wildman–Crippen MR) is 124 cm³/mol. The van der Waals surface area contributed by atoms with Crippen LogP contribution in [0.3, 0.4) is 0 Å². The third-order valence-electron chi connectivity index (χ3n) is 4.69. The number of hydrogen-bond donors (Lipinski definition) is 0. The van der Waals surface area contributed by atoms with Crippen LogP contribution in [-0.4, -0.2) is 37.5 Å². The third-order valence-corrected chi connectivity index (χ3v) is 5.69. The number of benzene rings is 3. The number of nitrogens with zero attached hydrogens (tertiary/aromatic N) is 1. The zero-order chi connectivity index (χ0) is 21.5. The van der Waals surface area contributed by atoms with E-state index in [2.05, 4.69) is 22.6 Å². The predicted octanol–water partition coefficient (Wildman–Crippen LogP) is 4.83. The van der Waals surface area contributed by atoms with Crippen LogP contribution < -0.4 is 9.47 Å². The Bertz CT molecular complexity index is 971. The van der Waals surface area contributed by atoms with Crippen LogP contribution in [0.15, 0.2) is 72.8 Å². The monoisotopic (exact) mass is 515 g/mol. The van der Waals surface area contributed by atoms with E-state index in [1.165, 1.54) is 4.90 Å². The van der Waals surface area contributed by atoms with E-state index in [9.17, 15) is 9.59 Å². The van der Waals surface area contributed by atoms with Gasteiger partial charge in [0.1, 0.15) is 0 Å². The molecule has 0 N–H and O–H groups in total. The summed E-state index contributed by atoms with van der Waals surface area (Å²) in [6.07, 6.45) is 0.496. The molecule has 0 saturated heterocycles. The molecule has 154 valence electrons. The molecule has 3 aromatic carbocycles. The molecule has 0 aliphatic rings. The fourth-order valence-electron chi connectivity index (χ4n) is 3.09. The number of rotatable bonds is 7. The number of halogens is 1. The second kappa shape index (κ2) is 10.2. The van der Waals surface area contributed by atoms with E-state index in [4.69, 9.17) is 9.47 Å². The summed E-state index contributed by atoms with van der Waals surface area (Å²) in [7, 11) is 3.17. The van der Waals surface area contributed by atoms with Gasteiger partial charge in [-0.05, 0) is 71.0 Å². The van der Waals surface area contributed by atoms with Gasteiger partial charge in [0.05, 0.1) is 14.2 Å². The van der Waals surface area contributed by atoms with Crippen molar-refractivity contribution in [1.82, 2.24) is 4.90 Å². The number of amides is 2. The maximum Gasteiger partial charge on any atom is 0.260 e. The lowest BCUT2D eigenvalue weighted by molar-refractivity contribution is 0.0618. The van der Waals surface area contributed by atoms with Crippen LogP contribution >= 0.6 is 22.6 Å². The molecule has 0 spiro atoms. The zero-order valence-corrected chi connectivity index (χ0v) is 19.0. The third kappa shape index (κ3) is 4.99. The van der Waals surface area contributed by atoms with E-state index in [1.54, 1.807) is 62.8 Å². The number of ether oxygens (including phenoxy) is 2. The molecule has 0 aliphatic carbocycles. The van der Waals surface area contributed by atoms with Crippen molar-refractivity contribution in [3.05, 3.63) is 93.1 Å². The molecule has 0 unspecified atom stereocenters. The molecule has 0 fully saturated rings. The van der Waals surface area contributed by atoms with Gasteiger partial charge in [-0.25, -0.2) is 0 Å². The Kier molecular flexibility index (Phi) is 7.46. The molecule has 0 radical (unpaired) electrons. The molecular formula is C24H22INO4. The van der Waals surface area contributed by atoms with Crippen LogP contribution in [0.25, 0.3) is 0 Å². The van der Waals surface area contributed by atoms with Crippen molar-refractivity contribution in [2.45, 2.75) is 6.42 Å². The minimum Gasteiger partial charge on any atom is -0.493 e. The number of hydrogen-bond acceptors (Lipinski definition) is 4. The lowest BCUT2D eigenvalue weighted by Crippen LogP contribution is -2.38. The number of imide groups is 1. The summed E-state index contributed by atoms with van der Waals surface area (Å²) >= 11 is 2.22. The largest absolute Gasteiger partial charge is 0.493 e. The Labute approximate surface area is 189 Å². The first kappa shape index (κ1) is 21.8. The van der Waals surface area contributed by atoms with Gasteiger partial charge >= 0.3 is 0 Å². The molecule has 5 nitrogen and oxygen atoms in total. The number of carbonyl (C=O) groups excluding carboxylic acids is 2. The van der Waals surface area contributed by atoms with Gasteiger partial charge < -0.3 is 9.47 Å². The first-order valence-electron chi connectivity index (χ1n) is 9.42. The molecule has 3 aromatic rings. The summed E-state index contributed by atoms with van der Waals surface area (Å²) in [5.74, 6) is 0.617. The molecule has 3 rings (SSSR count). The topological polar surface area (TPSA) is 55.8 Å². The normalized spacial score (nSPS) is 10.4. The van der Waals surface area contributed by atoms with Gasteiger partial charge in [-0.1, -0.05) is 36.4 Å². The smallest absolute Gasteiger partial charge is 0.260 e. The van der Waals surface area contributed by atoms with E-state index >= 15 is 0 Å². The highest BCUT2D eigenvalue weighted by Crippen LogP contribution is 2.31.